The monoisotopic (exact) mass is 529 g/mol. The van der Waals surface area contributed by atoms with Crippen molar-refractivity contribution in [2.45, 2.75) is 68.5 Å². The number of carbonyl (C=O) groups is 1. The molecule has 0 unspecified atom stereocenters. The number of likely N-dealkylation sites (tertiary alicyclic amines) is 1. The zero-order valence-electron chi connectivity index (χ0n) is 22.3. The van der Waals surface area contributed by atoms with Crippen LogP contribution in [0.1, 0.15) is 49.7 Å². The average Bonchev–Trinajstić information content (AvgIpc) is 3.65. The predicted molar refractivity (Wildman–Crippen MR) is 145 cm³/mol. The fourth-order valence-electron chi connectivity index (χ4n) is 7.62. The van der Waals surface area contributed by atoms with E-state index < -0.39 is 5.92 Å². The van der Waals surface area contributed by atoms with Gasteiger partial charge in [-0.3, -0.25) is 9.69 Å². The van der Waals surface area contributed by atoms with Gasteiger partial charge in [0, 0.05) is 23.4 Å². The molecule has 7 rings (SSSR count). The molecule has 1 aliphatic carbocycles. The molecule has 7 heteroatoms. The number of nitrogens with zero attached hydrogens (tertiary/aromatic N) is 2. The Bertz CT molecular complexity index is 1310. The molecular formula is C32H36FN3O3. The number of Topliss-reactive ketones (excluding diaryl/α,β-unsaturated/α-hetero) is 1. The molecule has 1 saturated carbocycles. The van der Waals surface area contributed by atoms with Gasteiger partial charge in [-0.05, 0) is 92.4 Å². The molecule has 3 saturated heterocycles. The van der Waals surface area contributed by atoms with Crippen molar-refractivity contribution in [2.75, 3.05) is 32.9 Å². The minimum atomic E-state index is -0.520. The van der Waals surface area contributed by atoms with Crippen molar-refractivity contribution in [3.05, 3.63) is 53.3 Å². The molecule has 4 heterocycles. The molecule has 4 aliphatic heterocycles. The molecule has 1 spiro atoms. The van der Waals surface area contributed by atoms with Crippen molar-refractivity contribution in [3.63, 3.8) is 0 Å². The van der Waals surface area contributed by atoms with Crippen molar-refractivity contribution in [3.8, 4) is 22.9 Å². The second kappa shape index (κ2) is 9.99. The molecule has 2 aromatic carbocycles. The maximum Gasteiger partial charge on any atom is 0.151 e. The van der Waals surface area contributed by atoms with E-state index in [0.29, 0.717) is 30.2 Å². The molecule has 39 heavy (non-hydrogen) atoms. The lowest BCUT2D eigenvalue weighted by molar-refractivity contribution is -0.122. The van der Waals surface area contributed by atoms with Crippen LogP contribution in [0.2, 0.25) is 0 Å². The van der Waals surface area contributed by atoms with Gasteiger partial charge in [-0.1, -0.05) is 18.2 Å². The van der Waals surface area contributed by atoms with E-state index in [1.54, 1.807) is 12.1 Å². The Morgan fingerprint density at radius 1 is 1.15 bits per heavy atom. The molecule has 2 bridgehead atoms. The molecule has 2 aromatic rings. The summed E-state index contributed by atoms with van der Waals surface area (Å²) in [5, 5.41) is 13.2. The third-order valence-electron chi connectivity index (χ3n) is 10.1. The maximum atomic E-state index is 15.3. The predicted octanol–water partition coefficient (Wildman–Crippen LogP) is 4.40. The number of nitrogens with one attached hydrogen (secondary N) is 1. The van der Waals surface area contributed by atoms with E-state index in [9.17, 15) is 10.1 Å². The van der Waals surface area contributed by atoms with Crippen LogP contribution in [-0.4, -0.2) is 61.7 Å². The lowest BCUT2D eigenvalue weighted by Gasteiger charge is -2.44. The molecule has 6 nitrogen and oxygen atoms in total. The first-order valence-corrected chi connectivity index (χ1v) is 14.6. The van der Waals surface area contributed by atoms with Crippen molar-refractivity contribution < 1.29 is 18.7 Å². The van der Waals surface area contributed by atoms with E-state index in [4.69, 9.17) is 9.47 Å². The summed E-state index contributed by atoms with van der Waals surface area (Å²) >= 11 is 0. The number of fused-ring (bicyclic) bond motifs is 4. The smallest absolute Gasteiger partial charge is 0.151 e. The molecule has 4 atom stereocenters. The highest BCUT2D eigenvalue weighted by Gasteiger charge is 2.45. The number of hydrogen-bond acceptors (Lipinski definition) is 6. The number of hydrogen-bond donors (Lipinski definition) is 1. The number of carbonyl (C=O) groups excluding carboxylic acids is 1. The zero-order chi connectivity index (χ0) is 26.6. The van der Waals surface area contributed by atoms with Crippen LogP contribution in [0.4, 0.5) is 4.39 Å². The maximum absolute atomic E-state index is 15.3. The molecule has 0 radical (unpaired) electrons. The van der Waals surface area contributed by atoms with Gasteiger partial charge in [0.1, 0.15) is 11.6 Å². The number of nitriles is 1. The number of benzene rings is 2. The van der Waals surface area contributed by atoms with Crippen molar-refractivity contribution >= 4 is 5.78 Å². The van der Waals surface area contributed by atoms with E-state index in [1.165, 1.54) is 5.56 Å². The summed E-state index contributed by atoms with van der Waals surface area (Å²) in [5.41, 5.74) is 3.55. The Kier molecular flexibility index (Phi) is 6.46. The Balaban J connectivity index is 1.04. The van der Waals surface area contributed by atoms with Crippen LogP contribution in [0.3, 0.4) is 0 Å². The Morgan fingerprint density at radius 3 is 2.62 bits per heavy atom. The summed E-state index contributed by atoms with van der Waals surface area (Å²) in [6, 6.07) is 14.7. The number of rotatable bonds is 7. The lowest BCUT2D eigenvalue weighted by atomic mass is 9.73. The molecular weight excluding hydrogens is 493 g/mol. The molecule has 1 N–H and O–H groups in total. The highest BCUT2D eigenvalue weighted by Crippen LogP contribution is 2.47. The molecule has 0 amide bonds. The first-order valence-electron chi connectivity index (χ1n) is 14.6. The Morgan fingerprint density at radius 2 is 1.95 bits per heavy atom. The van der Waals surface area contributed by atoms with Gasteiger partial charge in [-0.2, -0.15) is 5.26 Å². The number of piperidine rings is 2. The second-order valence-electron chi connectivity index (χ2n) is 12.4. The normalized spacial score (nSPS) is 28.1. The van der Waals surface area contributed by atoms with E-state index in [1.807, 2.05) is 18.2 Å². The average molecular weight is 530 g/mol. The first kappa shape index (κ1) is 25.2. The topological polar surface area (TPSA) is 74.6 Å². The fraction of sp³-hybridized carbons (Fsp3) is 0.562. The Hall–Kier alpha value is -2.79. The second-order valence-corrected chi connectivity index (χ2v) is 12.4. The van der Waals surface area contributed by atoms with Crippen LogP contribution >= 0.6 is 0 Å². The van der Waals surface area contributed by atoms with Crippen LogP contribution in [0, 0.1) is 29.0 Å². The fourth-order valence-corrected chi connectivity index (χ4v) is 7.62. The summed E-state index contributed by atoms with van der Waals surface area (Å²) in [7, 11) is 0. The highest BCUT2D eigenvalue weighted by atomic mass is 19.1. The van der Waals surface area contributed by atoms with Gasteiger partial charge >= 0.3 is 0 Å². The largest absolute Gasteiger partial charge is 0.492 e. The van der Waals surface area contributed by atoms with Crippen LogP contribution in [0.5, 0.6) is 5.75 Å². The summed E-state index contributed by atoms with van der Waals surface area (Å²) in [4.78, 5) is 15.4. The Labute approximate surface area is 229 Å². The number of halogens is 1. The van der Waals surface area contributed by atoms with Gasteiger partial charge in [0.05, 0.1) is 43.9 Å². The van der Waals surface area contributed by atoms with Gasteiger partial charge in [-0.25, -0.2) is 4.39 Å². The molecule has 204 valence electrons. The third kappa shape index (κ3) is 4.57. The van der Waals surface area contributed by atoms with Crippen LogP contribution in [0.15, 0.2) is 36.4 Å². The minimum Gasteiger partial charge on any atom is -0.492 e. The highest BCUT2D eigenvalue weighted by molar-refractivity contribution is 5.85. The van der Waals surface area contributed by atoms with E-state index in [-0.39, 0.29) is 35.9 Å². The quantitative estimate of drug-likeness (QED) is 0.573. The van der Waals surface area contributed by atoms with Crippen molar-refractivity contribution in [1.82, 2.24) is 10.2 Å². The van der Waals surface area contributed by atoms with Gasteiger partial charge in [0.25, 0.3) is 0 Å². The zero-order valence-corrected chi connectivity index (χ0v) is 22.3. The van der Waals surface area contributed by atoms with Crippen molar-refractivity contribution in [1.29, 1.82) is 5.26 Å². The molecule has 5 aliphatic rings. The van der Waals surface area contributed by atoms with Gasteiger partial charge in [-0.15, -0.1) is 0 Å². The standard InChI is InChI=1S/C32H36FN3O3/c33-28-15-22(1-2-23(28)11-20(16-34)12-29(37)31-24-3-5-25(13-24)35-31)21-4-6-30-27(14-21)32(19-39-30)7-9-36(10-8-32)26-17-38-18-26/h1-2,4,6,14-15,20,24-26,31,35H,3,5,7-13,17-19H2/t20-,24+,25-,31+/m1/s1. The first-order chi connectivity index (χ1) is 19.0. The third-order valence-corrected chi connectivity index (χ3v) is 10.1. The summed E-state index contributed by atoms with van der Waals surface area (Å²) < 4.78 is 26.8. The van der Waals surface area contributed by atoms with Gasteiger partial charge in [0.15, 0.2) is 5.78 Å². The van der Waals surface area contributed by atoms with Gasteiger partial charge in [0.2, 0.25) is 0 Å². The molecule has 0 aromatic heterocycles. The summed E-state index contributed by atoms with van der Waals surface area (Å²) in [6.45, 7) is 4.49. The minimum absolute atomic E-state index is 0.0190. The summed E-state index contributed by atoms with van der Waals surface area (Å²) in [5.74, 6) is 0.614. The van der Waals surface area contributed by atoms with Crippen LogP contribution in [0.25, 0.3) is 11.1 Å². The van der Waals surface area contributed by atoms with E-state index >= 15 is 4.39 Å². The summed E-state index contributed by atoms with van der Waals surface area (Å²) in [6.07, 6.45) is 5.83. The van der Waals surface area contributed by atoms with Crippen LogP contribution in [-0.2, 0) is 21.4 Å². The SMILES string of the molecule is N#C[C@@H](CC(=O)[C@H]1N[C@@H]2CC[C@H]1C2)Cc1ccc(-c2ccc3c(c2)C2(CCN(C4COC4)CC2)CO3)cc1F. The molecule has 4 fully saturated rings. The van der Waals surface area contributed by atoms with Crippen molar-refractivity contribution in [2.24, 2.45) is 11.8 Å². The lowest BCUT2D eigenvalue weighted by Crippen LogP contribution is -2.54. The van der Waals surface area contributed by atoms with Gasteiger partial charge < -0.3 is 14.8 Å². The van der Waals surface area contributed by atoms with E-state index in [0.717, 1.165) is 75.3 Å². The van der Waals surface area contributed by atoms with Crippen LogP contribution < -0.4 is 10.1 Å². The van der Waals surface area contributed by atoms with E-state index in [2.05, 4.69) is 22.4 Å². The number of ketones is 1. The number of ether oxygens (including phenoxy) is 2.